The number of anilines is 1. The number of amides is 1. The van der Waals surface area contributed by atoms with Crippen LogP contribution in [-0.2, 0) is 0 Å². The van der Waals surface area contributed by atoms with E-state index in [0.717, 1.165) is 15.3 Å². The van der Waals surface area contributed by atoms with Gasteiger partial charge < -0.3 is 14.9 Å². The second-order valence-electron chi connectivity index (χ2n) is 5.39. The zero-order valence-electron chi connectivity index (χ0n) is 12.7. The van der Waals surface area contributed by atoms with Gasteiger partial charge in [-0.05, 0) is 30.3 Å². The molecule has 0 bridgehead atoms. The van der Waals surface area contributed by atoms with E-state index < -0.39 is 11.3 Å². The lowest BCUT2D eigenvalue weighted by atomic mass is 10.2. The number of benzene rings is 2. The summed E-state index contributed by atoms with van der Waals surface area (Å²) in [6, 6.07) is 12.5. The van der Waals surface area contributed by atoms with E-state index in [-0.39, 0.29) is 0 Å². The van der Waals surface area contributed by atoms with E-state index in [2.05, 4.69) is 0 Å². The Labute approximate surface area is 141 Å². The van der Waals surface area contributed by atoms with E-state index in [1.165, 1.54) is 11.8 Å². The standard InChI is InChI=1S/C17H14N2O4S/c1-22-12-4-2-3-9-8-13(23-15(9)12)17-19(21)11-7-10(16(18)20)5-6-14(11)24-17/h2-8,17,21H,1H3,(H2,18,20). The summed E-state index contributed by atoms with van der Waals surface area (Å²) in [6.07, 6.45) is 0. The van der Waals surface area contributed by atoms with Gasteiger partial charge in [-0.3, -0.25) is 10.0 Å². The van der Waals surface area contributed by atoms with Crippen LogP contribution in [-0.4, -0.2) is 18.2 Å². The van der Waals surface area contributed by atoms with Gasteiger partial charge in [0.2, 0.25) is 5.91 Å². The third-order valence-electron chi connectivity index (χ3n) is 3.94. The van der Waals surface area contributed by atoms with Crippen LogP contribution in [0.15, 0.2) is 51.8 Å². The Balaban J connectivity index is 1.75. The van der Waals surface area contributed by atoms with E-state index in [4.69, 9.17) is 14.9 Å². The average molecular weight is 342 g/mol. The third kappa shape index (κ3) is 2.21. The molecule has 122 valence electrons. The second kappa shape index (κ2) is 5.47. The molecule has 3 aromatic rings. The Kier molecular flexibility index (Phi) is 3.40. The summed E-state index contributed by atoms with van der Waals surface area (Å²) < 4.78 is 11.2. The van der Waals surface area contributed by atoms with Gasteiger partial charge in [0.1, 0.15) is 5.76 Å². The fraction of sp³-hybridized carbons (Fsp3) is 0.118. The molecule has 7 heteroatoms. The van der Waals surface area contributed by atoms with Gasteiger partial charge in [0.25, 0.3) is 0 Å². The van der Waals surface area contributed by atoms with Gasteiger partial charge in [-0.15, -0.1) is 0 Å². The molecule has 0 saturated carbocycles. The predicted molar refractivity (Wildman–Crippen MR) is 90.6 cm³/mol. The highest BCUT2D eigenvalue weighted by Crippen LogP contribution is 2.51. The van der Waals surface area contributed by atoms with Crippen molar-refractivity contribution in [1.29, 1.82) is 0 Å². The maximum absolute atomic E-state index is 11.3. The van der Waals surface area contributed by atoms with Crippen molar-refractivity contribution >= 4 is 34.3 Å². The largest absolute Gasteiger partial charge is 0.493 e. The highest BCUT2D eigenvalue weighted by atomic mass is 32.2. The quantitative estimate of drug-likeness (QED) is 0.757. The molecule has 1 amide bonds. The zero-order valence-corrected chi connectivity index (χ0v) is 13.5. The number of hydroxylamine groups is 1. The monoisotopic (exact) mass is 342 g/mol. The van der Waals surface area contributed by atoms with Crippen molar-refractivity contribution in [1.82, 2.24) is 0 Å². The Hall–Kier alpha value is -2.64. The van der Waals surface area contributed by atoms with E-state index in [1.807, 2.05) is 24.3 Å². The molecule has 1 aromatic heterocycles. The number of carbonyl (C=O) groups is 1. The molecule has 2 heterocycles. The molecule has 1 aliphatic heterocycles. The van der Waals surface area contributed by atoms with Crippen molar-refractivity contribution in [2.75, 3.05) is 12.2 Å². The number of thioether (sulfide) groups is 1. The number of furan rings is 1. The normalized spacial score (nSPS) is 16.4. The molecule has 0 fully saturated rings. The lowest BCUT2D eigenvalue weighted by molar-refractivity contribution is 0.1000. The highest BCUT2D eigenvalue weighted by molar-refractivity contribution is 8.00. The smallest absolute Gasteiger partial charge is 0.248 e. The van der Waals surface area contributed by atoms with Crippen LogP contribution < -0.4 is 15.5 Å². The lowest BCUT2D eigenvalue weighted by Gasteiger charge is -2.17. The molecule has 0 aliphatic carbocycles. The number of hydrogen-bond acceptors (Lipinski definition) is 6. The zero-order chi connectivity index (χ0) is 16.8. The minimum absolute atomic E-state index is 0.348. The summed E-state index contributed by atoms with van der Waals surface area (Å²) in [4.78, 5) is 12.2. The van der Waals surface area contributed by atoms with Crippen LogP contribution in [0.3, 0.4) is 0 Å². The summed E-state index contributed by atoms with van der Waals surface area (Å²) in [5, 5.41) is 12.1. The molecule has 4 rings (SSSR count). The first-order chi connectivity index (χ1) is 11.6. The Morgan fingerprint density at radius 3 is 2.92 bits per heavy atom. The minimum atomic E-state index is -0.534. The molecular weight excluding hydrogens is 328 g/mol. The van der Waals surface area contributed by atoms with Crippen molar-refractivity contribution in [2.45, 2.75) is 10.3 Å². The number of carbonyl (C=O) groups excluding carboxylic acids is 1. The summed E-state index contributed by atoms with van der Waals surface area (Å²) in [5.74, 6) is 0.701. The van der Waals surface area contributed by atoms with Crippen LogP contribution in [0.4, 0.5) is 5.69 Å². The third-order valence-corrected chi connectivity index (χ3v) is 5.20. The van der Waals surface area contributed by atoms with E-state index in [0.29, 0.717) is 28.3 Å². The molecule has 0 saturated heterocycles. The van der Waals surface area contributed by atoms with Gasteiger partial charge in [0.15, 0.2) is 16.7 Å². The van der Waals surface area contributed by atoms with Gasteiger partial charge in [-0.25, -0.2) is 5.06 Å². The number of fused-ring (bicyclic) bond motifs is 2. The molecule has 3 N–H and O–H groups in total. The fourth-order valence-electron chi connectivity index (χ4n) is 2.76. The van der Waals surface area contributed by atoms with Gasteiger partial charge in [0.05, 0.1) is 12.8 Å². The number of nitrogens with zero attached hydrogens (tertiary/aromatic N) is 1. The summed E-state index contributed by atoms with van der Waals surface area (Å²) in [7, 11) is 1.58. The number of ether oxygens (including phenoxy) is 1. The SMILES string of the molecule is COc1cccc2cc(C3Sc4ccc(C(N)=O)cc4N3O)oc12. The molecule has 0 spiro atoms. The van der Waals surface area contributed by atoms with E-state index in [9.17, 15) is 10.0 Å². The van der Waals surface area contributed by atoms with Gasteiger partial charge in [-0.2, -0.15) is 0 Å². The minimum Gasteiger partial charge on any atom is -0.493 e. The predicted octanol–water partition coefficient (Wildman–Crippen LogP) is 3.54. The van der Waals surface area contributed by atoms with Crippen molar-refractivity contribution < 1.29 is 19.2 Å². The Bertz CT molecular complexity index is 953. The first-order valence-corrected chi connectivity index (χ1v) is 8.11. The van der Waals surface area contributed by atoms with E-state index >= 15 is 0 Å². The molecule has 1 atom stereocenters. The number of primary amides is 1. The van der Waals surface area contributed by atoms with Gasteiger partial charge >= 0.3 is 0 Å². The first-order valence-electron chi connectivity index (χ1n) is 7.23. The van der Waals surface area contributed by atoms with Crippen LogP contribution in [0.5, 0.6) is 5.75 Å². The summed E-state index contributed by atoms with van der Waals surface area (Å²) >= 11 is 1.44. The van der Waals surface area contributed by atoms with Crippen molar-refractivity contribution in [3.63, 3.8) is 0 Å². The molecule has 6 nitrogen and oxygen atoms in total. The molecule has 1 unspecified atom stereocenters. The average Bonchev–Trinajstić information content (AvgIpc) is 3.15. The van der Waals surface area contributed by atoms with Crippen LogP contribution in [0, 0.1) is 0 Å². The van der Waals surface area contributed by atoms with E-state index in [1.54, 1.807) is 25.3 Å². The molecular formula is C17H14N2O4S. The first kappa shape index (κ1) is 14.9. The number of nitrogens with two attached hydrogens (primary N) is 1. The summed E-state index contributed by atoms with van der Waals surface area (Å²) in [6.45, 7) is 0. The molecule has 0 radical (unpaired) electrons. The highest BCUT2D eigenvalue weighted by Gasteiger charge is 2.34. The molecule has 2 aromatic carbocycles. The maximum Gasteiger partial charge on any atom is 0.248 e. The van der Waals surface area contributed by atoms with Crippen molar-refractivity contribution in [2.24, 2.45) is 5.73 Å². The Morgan fingerprint density at radius 2 is 2.17 bits per heavy atom. The van der Waals surface area contributed by atoms with Gasteiger partial charge in [-0.1, -0.05) is 23.9 Å². The molecule has 1 aliphatic rings. The maximum atomic E-state index is 11.3. The van der Waals surface area contributed by atoms with Crippen molar-refractivity contribution in [3.05, 3.63) is 53.8 Å². The van der Waals surface area contributed by atoms with Crippen LogP contribution >= 0.6 is 11.8 Å². The second-order valence-corrected chi connectivity index (χ2v) is 6.51. The number of hydrogen-bond donors (Lipinski definition) is 2. The van der Waals surface area contributed by atoms with Crippen LogP contribution in [0.1, 0.15) is 21.5 Å². The molecule has 24 heavy (non-hydrogen) atoms. The lowest BCUT2D eigenvalue weighted by Crippen LogP contribution is -2.18. The van der Waals surface area contributed by atoms with Gasteiger partial charge in [0, 0.05) is 15.8 Å². The number of methoxy groups -OCH3 is 1. The fourth-order valence-corrected chi connectivity index (χ4v) is 3.87. The van der Waals surface area contributed by atoms with Crippen LogP contribution in [0.25, 0.3) is 11.0 Å². The topological polar surface area (TPSA) is 88.9 Å². The Morgan fingerprint density at radius 1 is 1.33 bits per heavy atom. The number of para-hydroxylation sites is 1. The number of rotatable bonds is 3. The summed E-state index contributed by atoms with van der Waals surface area (Å²) in [5.41, 5.74) is 6.82. The van der Waals surface area contributed by atoms with Crippen LogP contribution in [0.2, 0.25) is 0 Å². The van der Waals surface area contributed by atoms with Crippen molar-refractivity contribution in [3.8, 4) is 5.75 Å².